The van der Waals surface area contributed by atoms with E-state index in [1.165, 1.54) is 12.1 Å². The molecule has 2 rings (SSSR count). The Bertz CT molecular complexity index is 1190. The number of carboxylic acids is 1. The molecule has 4 unspecified atom stereocenters. The summed E-state index contributed by atoms with van der Waals surface area (Å²) in [4.78, 5) is 62.6. The minimum atomic E-state index is -1.21. The van der Waals surface area contributed by atoms with E-state index in [0.29, 0.717) is 5.56 Å². The summed E-state index contributed by atoms with van der Waals surface area (Å²) in [6, 6.07) is 10.2. The van der Waals surface area contributed by atoms with E-state index in [4.69, 9.17) is 11.5 Å². The van der Waals surface area contributed by atoms with Crippen molar-refractivity contribution in [2.24, 2.45) is 17.4 Å². The third kappa shape index (κ3) is 11.7. The topological polar surface area (TPSA) is 214 Å². The van der Waals surface area contributed by atoms with Crippen LogP contribution in [0.5, 0.6) is 5.75 Å². The number of primary amides is 1. The molecule has 0 aliphatic rings. The summed E-state index contributed by atoms with van der Waals surface area (Å²) in [5.74, 6) is -3.93. The lowest BCUT2D eigenvalue weighted by atomic mass is 10.0. The molecule has 0 aliphatic carbocycles. The average molecular weight is 570 g/mol. The molecule has 4 amide bonds. The lowest BCUT2D eigenvalue weighted by Crippen LogP contribution is -2.58. The molecule has 2 aromatic rings. The highest BCUT2D eigenvalue weighted by Crippen LogP contribution is 2.13. The van der Waals surface area contributed by atoms with Gasteiger partial charge in [-0.15, -0.1) is 0 Å². The number of rotatable bonds is 16. The Hall–Kier alpha value is -4.45. The minimum Gasteiger partial charge on any atom is -0.508 e. The third-order valence-corrected chi connectivity index (χ3v) is 6.28. The van der Waals surface area contributed by atoms with Gasteiger partial charge in [-0.25, -0.2) is 4.79 Å². The van der Waals surface area contributed by atoms with Crippen LogP contribution < -0.4 is 27.4 Å². The largest absolute Gasteiger partial charge is 0.508 e. The zero-order valence-corrected chi connectivity index (χ0v) is 23.2. The Kier molecular flexibility index (Phi) is 12.8. The van der Waals surface area contributed by atoms with Gasteiger partial charge in [-0.2, -0.15) is 0 Å². The van der Waals surface area contributed by atoms with Crippen LogP contribution in [0.15, 0.2) is 54.6 Å². The number of carboxylic acid groups (broad SMARTS) is 1. The monoisotopic (exact) mass is 569 g/mol. The lowest BCUT2D eigenvalue weighted by Gasteiger charge is -2.26. The molecule has 41 heavy (non-hydrogen) atoms. The highest BCUT2D eigenvalue weighted by atomic mass is 16.4. The van der Waals surface area contributed by atoms with E-state index in [1.54, 1.807) is 42.5 Å². The Morgan fingerprint density at radius 2 is 1.24 bits per heavy atom. The summed E-state index contributed by atoms with van der Waals surface area (Å²) in [6.45, 7) is 3.64. The van der Waals surface area contributed by atoms with Crippen LogP contribution in [0.2, 0.25) is 0 Å². The van der Waals surface area contributed by atoms with Gasteiger partial charge < -0.3 is 37.6 Å². The highest BCUT2D eigenvalue weighted by molar-refractivity contribution is 5.94. The summed E-state index contributed by atoms with van der Waals surface area (Å²) >= 11 is 0. The van der Waals surface area contributed by atoms with Crippen molar-refractivity contribution in [3.05, 3.63) is 65.7 Å². The third-order valence-electron chi connectivity index (χ3n) is 6.28. The molecular weight excluding hydrogens is 530 g/mol. The van der Waals surface area contributed by atoms with Crippen molar-refractivity contribution in [3.63, 3.8) is 0 Å². The van der Waals surface area contributed by atoms with Crippen molar-refractivity contribution >= 4 is 29.6 Å². The van der Waals surface area contributed by atoms with Crippen LogP contribution in [-0.4, -0.2) is 64.0 Å². The highest BCUT2D eigenvalue weighted by Gasteiger charge is 2.31. The molecule has 12 nitrogen and oxygen atoms in total. The normalized spacial score (nSPS) is 13.9. The first kappa shape index (κ1) is 32.8. The maximum Gasteiger partial charge on any atom is 0.326 e. The number of phenols is 1. The lowest BCUT2D eigenvalue weighted by molar-refractivity contribution is -0.142. The number of nitrogens with one attached hydrogen (secondary N) is 3. The van der Waals surface area contributed by atoms with Crippen molar-refractivity contribution in [1.29, 1.82) is 0 Å². The maximum absolute atomic E-state index is 13.6. The summed E-state index contributed by atoms with van der Waals surface area (Å²) in [7, 11) is 0. The van der Waals surface area contributed by atoms with E-state index in [2.05, 4.69) is 16.0 Å². The van der Waals surface area contributed by atoms with Gasteiger partial charge in [-0.1, -0.05) is 56.3 Å². The first-order valence-corrected chi connectivity index (χ1v) is 13.3. The molecule has 2 aromatic carbocycles. The van der Waals surface area contributed by atoms with Crippen LogP contribution in [-0.2, 0) is 36.8 Å². The van der Waals surface area contributed by atoms with Gasteiger partial charge in [0, 0.05) is 19.3 Å². The smallest absolute Gasteiger partial charge is 0.326 e. The Morgan fingerprint density at radius 1 is 0.756 bits per heavy atom. The molecule has 0 bridgehead atoms. The number of phenolic OH excluding ortho intramolecular Hbond substituents is 1. The van der Waals surface area contributed by atoms with Crippen LogP contribution >= 0.6 is 0 Å². The van der Waals surface area contributed by atoms with Crippen molar-refractivity contribution in [1.82, 2.24) is 16.0 Å². The van der Waals surface area contributed by atoms with Gasteiger partial charge in [0.2, 0.25) is 23.6 Å². The number of hydrogen-bond acceptors (Lipinski definition) is 7. The van der Waals surface area contributed by atoms with Crippen LogP contribution in [0.4, 0.5) is 0 Å². The summed E-state index contributed by atoms with van der Waals surface area (Å²) in [6.07, 6.45) is 0.103. The molecular formula is C29H39N5O7. The van der Waals surface area contributed by atoms with E-state index in [9.17, 15) is 34.2 Å². The van der Waals surface area contributed by atoms with Gasteiger partial charge in [-0.3, -0.25) is 19.2 Å². The molecule has 0 aliphatic heterocycles. The van der Waals surface area contributed by atoms with E-state index in [-0.39, 0.29) is 43.8 Å². The van der Waals surface area contributed by atoms with Crippen LogP contribution in [0.25, 0.3) is 0 Å². The zero-order valence-electron chi connectivity index (χ0n) is 23.2. The number of hydrogen-bond donors (Lipinski definition) is 7. The van der Waals surface area contributed by atoms with E-state index < -0.39 is 53.8 Å². The standard InChI is InChI=1S/C29H39N5O7/c1-17(2)14-24(29(40)41)34-28(39)23(16-19-8-10-20(35)11-9-19)33-27(38)22(15-18-6-4-3-5-7-18)32-26(37)21(30)12-13-25(31)36/h3-11,17,21-24,35H,12-16,30H2,1-2H3,(H2,31,36)(H,32,37)(H,33,38)(H,34,39)(H,40,41). The molecule has 0 heterocycles. The number of amides is 4. The number of aromatic hydroxyl groups is 1. The van der Waals surface area contributed by atoms with Crippen molar-refractivity contribution in [2.75, 3.05) is 0 Å². The molecule has 0 radical (unpaired) electrons. The molecule has 9 N–H and O–H groups in total. The van der Waals surface area contributed by atoms with Gasteiger partial charge in [0.1, 0.15) is 23.9 Å². The molecule has 0 saturated heterocycles. The summed E-state index contributed by atoms with van der Waals surface area (Å²) in [5, 5.41) is 27.0. The van der Waals surface area contributed by atoms with Gasteiger partial charge in [0.25, 0.3) is 0 Å². The summed E-state index contributed by atoms with van der Waals surface area (Å²) < 4.78 is 0. The van der Waals surface area contributed by atoms with Gasteiger partial charge >= 0.3 is 5.97 Å². The Labute approximate surface area is 238 Å². The second-order valence-electron chi connectivity index (χ2n) is 10.3. The first-order chi connectivity index (χ1) is 19.3. The fourth-order valence-electron chi connectivity index (χ4n) is 4.08. The molecule has 222 valence electrons. The van der Waals surface area contributed by atoms with E-state index >= 15 is 0 Å². The predicted molar refractivity (Wildman–Crippen MR) is 151 cm³/mol. The molecule has 0 saturated carbocycles. The molecule has 0 fully saturated rings. The molecule has 12 heteroatoms. The van der Waals surface area contributed by atoms with Crippen LogP contribution in [0.1, 0.15) is 44.2 Å². The minimum absolute atomic E-state index is 0.0139. The SMILES string of the molecule is CC(C)CC(NC(=O)C(Cc1ccc(O)cc1)NC(=O)C(Cc1ccccc1)NC(=O)C(N)CCC(N)=O)C(=O)O. The number of carbonyl (C=O) groups is 5. The van der Waals surface area contributed by atoms with Crippen LogP contribution in [0, 0.1) is 5.92 Å². The van der Waals surface area contributed by atoms with Crippen molar-refractivity contribution in [2.45, 2.75) is 70.1 Å². The zero-order chi connectivity index (χ0) is 30.5. The summed E-state index contributed by atoms with van der Waals surface area (Å²) in [5.41, 5.74) is 12.4. The number of benzene rings is 2. The molecule has 0 spiro atoms. The van der Waals surface area contributed by atoms with Gasteiger partial charge in [0.05, 0.1) is 6.04 Å². The second-order valence-corrected chi connectivity index (χ2v) is 10.3. The molecule has 0 aromatic heterocycles. The number of carbonyl (C=O) groups excluding carboxylic acids is 4. The predicted octanol–water partition coefficient (Wildman–Crippen LogP) is 0.355. The number of aliphatic carboxylic acids is 1. The van der Waals surface area contributed by atoms with E-state index in [1.807, 2.05) is 13.8 Å². The average Bonchev–Trinajstić information content (AvgIpc) is 2.91. The fourth-order valence-corrected chi connectivity index (χ4v) is 4.08. The van der Waals surface area contributed by atoms with Crippen LogP contribution in [0.3, 0.4) is 0 Å². The quantitative estimate of drug-likeness (QED) is 0.149. The second kappa shape index (κ2) is 16.0. The van der Waals surface area contributed by atoms with Crippen molar-refractivity contribution in [3.8, 4) is 5.75 Å². The number of nitrogens with two attached hydrogens (primary N) is 2. The Morgan fingerprint density at radius 3 is 1.73 bits per heavy atom. The fraction of sp³-hybridized carbons (Fsp3) is 0.414. The Balaban J connectivity index is 2.31. The first-order valence-electron chi connectivity index (χ1n) is 13.3. The van der Waals surface area contributed by atoms with Gasteiger partial charge in [0.15, 0.2) is 0 Å². The van der Waals surface area contributed by atoms with Crippen molar-refractivity contribution < 1.29 is 34.2 Å². The molecule has 4 atom stereocenters. The van der Waals surface area contributed by atoms with Gasteiger partial charge in [-0.05, 0) is 42.0 Å². The maximum atomic E-state index is 13.6. The van der Waals surface area contributed by atoms with E-state index in [0.717, 1.165) is 5.56 Å².